The first-order chi connectivity index (χ1) is 7.16. The molecule has 1 fully saturated rings. The zero-order chi connectivity index (χ0) is 10.8. The molecule has 1 aromatic rings. The number of benzene rings is 1. The summed E-state index contributed by atoms with van der Waals surface area (Å²) in [6.45, 7) is 1.06. The maximum Gasteiger partial charge on any atom is 0.251 e. The van der Waals surface area contributed by atoms with Crippen molar-refractivity contribution in [2.75, 3.05) is 13.2 Å². The smallest absolute Gasteiger partial charge is 0.251 e. The van der Waals surface area contributed by atoms with E-state index in [1.54, 1.807) is 6.07 Å². The molecule has 0 aromatic heterocycles. The van der Waals surface area contributed by atoms with Gasteiger partial charge < -0.3 is 10.1 Å². The summed E-state index contributed by atoms with van der Waals surface area (Å²) in [5.41, 5.74) is 0.322. The monoisotopic (exact) mass is 273 g/mol. The molecule has 1 aliphatic heterocycles. The lowest BCUT2D eigenvalue weighted by Gasteiger charge is -2.26. The number of ether oxygens (including phenoxy) is 1. The fourth-order valence-corrected chi connectivity index (χ4v) is 1.47. The van der Waals surface area contributed by atoms with Gasteiger partial charge in [-0.25, -0.2) is 4.39 Å². The summed E-state index contributed by atoms with van der Waals surface area (Å²) < 4.78 is 18.4. The standard InChI is InChI=1S/C10H9BrFNO2/c11-8-2-1-6(3-9(8)12)10(14)13-7-4-15-5-7/h1-3,7H,4-5H2,(H,13,14). The van der Waals surface area contributed by atoms with Crippen molar-refractivity contribution in [2.45, 2.75) is 6.04 Å². The fraction of sp³-hybridized carbons (Fsp3) is 0.300. The molecule has 1 amide bonds. The lowest BCUT2D eigenvalue weighted by Crippen LogP contribution is -2.48. The van der Waals surface area contributed by atoms with Crippen LogP contribution in [0.1, 0.15) is 10.4 Å². The van der Waals surface area contributed by atoms with Gasteiger partial charge in [-0.3, -0.25) is 4.79 Å². The van der Waals surface area contributed by atoms with Gasteiger partial charge in [-0.15, -0.1) is 0 Å². The molecule has 1 aliphatic rings. The van der Waals surface area contributed by atoms with Crippen molar-refractivity contribution in [3.8, 4) is 0 Å². The minimum absolute atomic E-state index is 0.0595. The number of carbonyl (C=O) groups excluding carboxylic acids is 1. The highest BCUT2D eigenvalue weighted by Crippen LogP contribution is 2.16. The first kappa shape index (κ1) is 10.6. The minimum atomic E-state index is -0.437. The summed E-state index contributed by atoms with van der Waals surface area (Å²) >= 11 is 3.03. The minimum Gasteiger partial charge on any atom is -0.377 e. The second-order valence-corrected chi connectivity index (χ2v) is 4.19. The Hall–Kier alpha value is -0.940. The van der Waals surface area contributed by atoms with Crippen molar-refractivity contribution >= 4 is 21.8 Å². The van der Waals surface area contributed by atoms with E-state index in [1.807, 2.05) is 0 Å². The van der Waals surface area contributed by atoms with Gasteiger partial charge in [0.1, 0.15) is 5.82 Å². The molecule has 1 N–H and O–H groups in total. The molecule has 1 heterocycles. The third-order valence-electron chi connectivity index (χ3n) is 2.16. The Morgan fingerprint density at radius 2 is 2.27 bits per heavy atom. The maximum absolute atomic E-state index is 13.1. The summed E-state index contributed by atoms with van der Waals surface area (Å²) in [5.74, 6) is -0.706. The van der Waals surface area contributed by atoms with Crippen LogP contribution < -0.4 is 5.32 Å². The van der Waals surface area contributed by atoms with E-state index in [2.05, 4.69) is 21.2 Å². The molecular weight excluding hydrogens is 265 g/mol. The van der Waals surface area contributed by atoms with E-state index in [-0.39, 0.29) is 11.9 Å². The second kappa shape index (κ2) is 4.28. The number of rotatable bonds is 2. The zero-order valence-corrected chi connectivity index (χ0v) is 9.38. The van der Waals surface area contributed by atoms with Gasteiger partial charge in [-0.05, 0) is 34.1 Å². The summed E-state index contributed by atoms with van der Waals surface area (Å²) in [4.78, 5) is 11.6. The predicted octanol–water partition coefficient (Wildman–Crippen LogP) is 1.72. The van der Waals surface area contributed by atoms with Gasteiger partial charge in [0.05, 0.1) is 23.7 Å². The second-order valence-electron chi connectivity index (χ2n) is 3.34. The number of hydrogen-bond acceptors (Lipinski definition) is 2. The molecular formula is C10H9BrFNO2. The normalized spacial score (nSPS) is 15.9. The molecule has 0 saturated carbocycles. The van der Waals surface area contributed by atoms with E-state index in [0.29, 0.717) is 23.2 Å². The highest BCUT2D eigenvalue weighted by atomic mass is 79.9. The summed E-state index contributed by atoms with van der Waals surface area (Å²) in [6.07, 6.45) is 0. The molecule has 15 heavy (non-hydrogen) atoms. The van der Waals surface area contributed by atoms with Crippen molar-refractivity contribution in [1.29, 1.82) is 0 Å². The van der Waals surface area contributed by atoms with Crippen LogP contribution in [0.25, 0.3) is 0 Å². The molecule has 0 bridgehead atoms. The molecule has 5 heteroatoms. The number of carbonyl (C=O) groups is 1. The molecule has 0 unspecified atom stereocenters. The van der Waals surface area contributed by atoms with Crippen LogP contribution in [0.5, 0.6) is 0 Å². The van der Waals surface area contributed by atoms with Crippen molar-refractivity contribution in [2.24, 2.45) is 0 Å². The predicted molar refractivity (Wildman–Crippen MR) is 56.2 cm³/mol. The Morgan fingerprint density at radius 1 is 1.53 bits per heavy atom. The van der Waals surface area contributed by atoms with Crippen LogP contribution in [-0.4, -0.2) is 25.2 Å². The van der Waals surface area contributed by atoms with Crippen LogP contribution in [0.2, 0.25) is 0 Å². The van der Waals surface area contributed by atoms with Gasteiger partial charge in [-0.2, -0.15) is 0 Å². The van der Waals surface area contributed by atoms with Crippen LogP contribution in [0.4, 0.5) is 4.39 Å². The molecule has 0 radical (unpaired) electrons. The zero-order valence-electron chi connectivity index (χ0n) is 7.80. The Morgan fingerprint density at radius 3 is 2.80 bits per heavy atom. The van der Waals surface area contributed by atoms with E-state index in [1.165, 1.54) is 12.1 Å². The Labute approximate surface area is 94.7 Å². The van der Waals surface area contributed by atoms with Crippen molar-refractivity contribution in [3.63, 3.8) is 0 Å². The lowest BCUT2D eigenvalue weighted by molar-refractivity contribution is -0.00346. The number of nitrogens with one attached hydrogen (secondary N) is 1. The molecule has 0 atom stereocenters. The molecule has 0 spiro atoms. The van der Waals surface area contributed by atoms with E-state index >= 15 is 0 Å². The first-order valence-corrected chi connectivity index (χ1v) is 5.30. The van der Waals surface area contributed by atoms with Gasteiger partial charge in [0, 0.05) is 5.56 Å². The van der Waals surface area contributed by atoms with Crippen molar-refractivity contribution in [1.82, 2.24) is 5.32 Å². The molecule has 80 valence electrons. The van der Waals surface area contributed by atoms with Gasteiger partial charge in [0.2, 0.25) is 0 Å². The third kappa shape index (κ3) is 2.35. The molecule has 1 saturated heterocycles. The van der Waals surface area contributed by atoms with Gasteiger partial charge in [0.25, 0.3) is 5.91 Å². The highest BCUT2D eigenvalue weighted by molar-refractivity contribution is 9.10. The van der Waals surface area contributed by atoms with E-state index in [4.69, 9.17) is 4.74 Å². The third-order valence-corrected chi connectivity index (χ3v) is 2.80. The van der Waals surface area contributed by atoms with Crippen LogP contribution in [0, 0.1) is 5.82 Å². The maximum atomic E-state index is 13.1. The fourth-order valence-electron chi connectivity index (χ4n) is 1.23. The van der Waals surface area contributed by atoms with Crippen LogP contribution in [0.15, 0.2) is 22.7 Å². The van der Waals surface area contributed by atoms with E-state index in [9.17, 15) is 9.18 Å². The molecule has 1 aromatic carbocycles. The van der Waals surface area contributed by atoms with Crippen molar-refractivity contribution < 1.29 is 13.9 Å². The average Bonchev–Trinajstić information content (AvgIpc) is 2.15. The average molecular weight is 274 g/mol. The molecule has 3 nitrogen and oxygen atoms in total. The Kier molecular flexibility index (Phi) is 3.02. The quantitative estimate of drug-likeness (QED) is 0.891. The topological polar surface area (TPSA) is 38.3 Å². The number of hydrogen-bond donors (Lipinski definition) is 1. The first-order valence-electron chi connectivity index (χ1n) is 4.50. The summed E-state index contributed by atoms with van der Waals surface area (Å²) in [7, 11) is 0. The van der Waals surface area contributed by atoms with E-state index in [0.717, 1.165) is 0 Å². The number of amides is 1. The Balaban J connectivity index is 2.07. The molecule has 0 aliphatic carbocycles. The Bertz CT molecular complexity index is 393. The highest BCUT2D eigenvalue weighted by Gasteiger charge is 2.21. The number of halogens is 2. The van der Waals surface area contributed by atoms with E-state index < -0.39 is 5.82 Å². The van der Waals surface area contributed by atoms with Crippen LogP contribution in [-0.2, 0) is 4.74 Å². The van der Waals surface area contributed by atoms with Crippen molar-refractivity contribution in [3.05, 3.63) is 34.1 Å². The van der Waals surface area contributed by atoms with Gasteiger partial charge in [-0.1, -0.05) is 0 Å². The lowest BCUT2D eigenvalue weighted by atomic mass is 10.2. The van der Waals surface area contributed by atoms with Crippen LogP contribution in [0.3, 0.4) is 0 Å². The van der Waals surface area contributed by atoms with Gasteiger partial charge in [0.15, 0.2) is 0 Å². The SMILES string of the molecule is O=C(NC1COC1)c1ccc(Br)c(F)c1. The van der Waals surface area contributed by atoms with Crippen LogP contribution >= 0.6 is 15.9 Å². The molecule has 2 rings (SSSR count). The summed E-state index contributed by atoms with van der Waals surface area (Å²) in [6, 6.07) is 4.35. The summed E-state index contributed by atoms with van der Waals surface area (Å²) in [5, 5.41) is 2.73. The largest absolute Gasteiger partial charge is 0.377 e. The van der Waals surface area contributed by atoms with Gasteiger partial charge >= 0.3 is 0 Å².